The molecular weight excluding hydrogens is 262 g/mol. The van der Waals surface area contributed by atoms with Crippen molar-refractivity contribution in [3.05, 3.63) is 23.4 Å². The first-order valence-corrected chi connectivity index (χ1v) is 8.30. The van der Waals surface area contributed by atoms with E-state index in [-0.39, 0.29) is 0 Å². The number of fused-ring (bicyclic) bond motifs is 1. The summed E-state index contributed by atoms with van der Waals surface area (Å²) in [7, 11) is 1.76. The molecule has 0 bridgehead atoms. The number of hydrogen-bond donors (Lipinski definition) is 2. The highest BCUT2D eigenvalue weighted by Crippen LogP contribution is 2.31. The second kappa shape index (κ2) is 7.23. The van der Waals surface area contributed by atoms with Gasteiger partial charge in [-0.05, 0) is 56.1 Å². The van der Waals surface area contributed by atoms with Crippen LogP contribution < -0.4 is 10.6 Å². The van der Waals surface area contributed by atoms with Gasteiger partial charge in [0.1, 0.15) is 5.82 Å². The Balaban J connectivity index is 1.38. The Morgan fingerprint density at radius 3 is 3.14 bits per heavy atom. The van der Waals surface area contributed by atoms with E-state index >= 15 is 0 Å². The zero-order valence-corrected chi connectivity index (χ0v) is 13.0. The molecule has 0 amide bonds. The molecular formula is C17H27N3O. The summed E-state index contributed by atoms with van der Waals surface area (Å²) in [6.07, 6.45) is 7.42. The predicted octanol–water partition coefficient (Wildman–Crippen LogP) is 2.39. The number of methoxy groups -OCH3 is 1. The zero-order chi connectivity index (χ0) is 14.5. The Morgan fingerprint density at radius 1 is 1.38 bits per heavy atom. The molecule has 2 N–H and O–H groups in total. The van der Waals surface area contributed by atoms with E-state index in [0.29, 0.717) is 6.04 Å². The number of rotatable bonds is 7. The number of aromatic nitrogens is 1. The van der Waals surface area contributed by atoms with Crippen molar-refractivity contribution in [2.45, 2.75) is 44.6 Å². The van der Waals surface area contributed by atoms with Gasteiger partial charge in [0.15, 0.2) is 0 Å². The molecule has 0 saturated heterocycles. The predicted molar refractivity (Wildman–Crippen MR) is 85.8 cm³/mol. The highest BCUT2D eigenvalue weighted by atomic mass is 16.5. The van der Waals surface area contributed by atoms with E-state index in [9.17, 15) is 0 Å². The van der Waals surface area contributed by atoms with Crippen molar-refractivity contribution in [3.63, 3.8) is 0 Å². The highest BCUT2D eigenvalue weighted by molar-refractivity contribution is 5.46. The Bertz CT molecular complexity index is 457. The fourth-order valence-corrected chi connectivity index (χ4v) is 3.36. The lowest BCUT2D eigenvalue weighted by Crippen LogP contribution is -2.42. The Kier molecular flexibility index (Phi) is 5.09. The number of nitrogens with zero attached hydrogens (tertiary/aromatic N) is 1. The van der Waals surface area contributed by atoms with Crippen molar-refractivity contribution in [2.24, 2.45) is 5.92 Å². The number of aryl methyl sites for hydroxylation is 2. The maximum absolute atomic E-state index is 5.06. The van der Waals surface area contributed by atoms with Gasteiger partial charge in [0.2, 0.25) is 0 Å². The van der Waals surface area contributed by atoms with Crippen molar-refractivity contribution in [2.75, 3.05) is 32.1 Å². The van der Waals surface area contributed by atoms with E-state index in [0.717, 1.165) is 37.9 Å². The number of hydrogen-bond acceptors (Lipinski definition) is 4. The Morgan fingerprint density at radius 2 is 2.29 bits per heavy atom. The number of pyridine rings is 1. The van der Waals surface area contributed by atoms with Crippen LogP contribution in [0.25, 0.3) is 0 Å². The summed E-state index contributed by atoms with van der Waals surface area (Å²) in [5.74, 6) is 2.00. The molecule has 0 aromatic carbocycles. The van der Waals surface area contributed by atoms with E-state index in [1.165, 1.54) is 43.4 Å². The van der Waals surface area contributed by atoms with Crippen molar-refractivity contribution >= 4 is 5.82 Å². The van der Waals surface area contributed by atoms with Crippen molar-refractivity contribution in [3.8, 4) is 0 Å². The largest absolute Gasteiger partial charge is 0.383 e. The van der Waals surface area contributed by atoms with Crippen LogP contribution in [0.1, 0.15) is 36.9 Å². The molecule has 4 heteroatoms. The second-order valence-corrected chi connectivity index (χ2v) is 6.36. The van der Waals surface area contributed by atoms with Gasteiger partial charge in [0.05, 0.1) is 6.61 Å². The quantitative estimate of drug-likeness (QED) is 0.757. The summed E-state index contributed by atoms with van der Waals surface area (Å²) in [6, 6.07) is 5.20. The van der Waals surface area contributed by atoms with E-state index < -0.39 is 0 Å². The monoisotopic (exact) mass is 289 g/mol. The molecule has 1 aliphatic carbocycles. The molecule has 1 aliphatic heterocycles. The molecule has 0 atom stereocenters. The topological polar surface area (TPSA) is 46.2 Å². The number of anilines is 1. The van der Waals surface area contributed by atoms with Crippen LogP contribution >= 0.6 is 0 Å². The molecule has 0 unspecified atom stereocenters. The molecule has 1 aromatic heterocycles. The summed E-state index contributed by atoms with van der Waals surface area (Å²) >= 11 is 0. The molecule has 116 valence electrons. The van der Waals surface area contributed by atoms with Crippen molar-refractivity contribution in [1.29, 1.82) is 0 Å². The molecule has 1 aromatic rings. The van der Waals surface area contributed by atoms with Gasteiger partial charge in [0, 0.05) is 31.9 Å². The molecule has 1 saturated carbocycles. The minimum atomic E-state index is 0.711. The summed E-state index contributed by atoms with van der Waals surface area (Å²) in [5, 5.41) is 6.96. The lowest BCUT2D eigenvalue weighted by atomic mass is 9.77. The van der Waals surface area contributed by atoms with Gasteiger partial charge in [-0.1, -0.05) is 6.07 Å². The molecule has 0 radical (unpaired) electrons. The van der Waals surface area contributed by atoms with Crippen LogP contribution in [0.15, 0.2) is 12.1 Å². The van der Waals surface area contributed by atoms with Gasteiger partial charge in [-0.2, -0.15) is 0 Å². The fraction of sp³-hybridized carbons (Fsp3) is 0.706. The minimum Gasteiger partial charge on any atom is -0.383 e. The second-order valence-electron chi connectivity index (χ2n) is 6.36. The summed E-state index contributed by atoms with van der Waals surface area (Å²) in [4.78, 5) is 4.78. The van der Waals surface area contributed by atoms with Gasteiger partial charge in [-0.25, -0.2) is 4.98 Å². The van der Waals surface area contributed by atoms with E-state index in [1.807, 2.05) is 0 Å². The normalized spacial score (nSPS) is 24.0. The van der Waals surface area contributed by atoms with Crippen LogP contribution in [-0.2, 0) is 17.6 Å². The average Bonchev–Trinajstić information content (AvgIpc) is 2.48. The third-order valence-electron chi connectivity index (χ3n) is 4.74. The van der Waals surface area contributed by atoms with Crippen LogP contribution in [0.2, 0.25) is 0 Å². The standard InChI is InChI=1S/C17H27N3O/c1-21-10-9-18-16-11-13(12-16)4-6-15-7-5-14-3-2-8-19-17(14)20-15/h5,7,13,16,18H,2-4,6,8-12H2,1H3,(H,19,20). The maximum Gasteiger partial charge on any atom is 0.129 e. The van der Waals surface area contributed by atoms with E-state index in [2.05, 4.69) is 22.8 Å². The van der Waals surface area contributed by atoms with Gasteiger partial charge in [-0.3, -0.25) is 0 Å². The molecule has 2 aliphatic rings. The lowest BCUT2D eigenvalue weighted by Gasteiger charge is -2.36. The number of ether oxygens (including phenoxy) is 1. The van der Waals surface area contributed by atoms with E-state index in [4.69, 9.17) is 9.72 Å². The third kappa shape index (κ3) is 3.95. The summed E-state index contributed by atoms with van der Waals surface area (Å²) in [5.41, 5.74) is 2.63. The van der Waals surface area contributed by atoms with Crippen molar-refractivity contribution in [1.82, 2.24) is 10.3 Å². The van der Waals surface area contributed by atoms with Crippen LogP contribution in [0.5, 0.6) is 0 Å². The molecule has 1 fully saturated rings. The highest BCUT2D eigenvalue weighted by Gasteiger charge is 2.28. The molecule has 4 nitrogen and oxygen atoms in total. The third-order valence-corrected chi connectivity index (χ3v) is 4.74. The SMILES string of the molecule is COCCNC1CC(CCc2ccc3c(n2)NCCC3)C1. The van der Waals surface area contributed by atoms with Gasteiger partial charge < -0.3 is 15.4 Å². The van der Waals surface area contributed by atoms with Crippen LogP contribution in [0.3, 0.4) is 0 Å². The van der Waals surface area contributed by atoms with Crippen LogP contribution in [0.4, 0.5) is 5.82 Å². The first-order valence-electron chi connectivity index (χ1n) is 8.30. The summed E-state index contributed by atoms with van der Waals surface area (Å²) in [6.45, 7) is 2.86. The molecule has 3 rings (SSSR count). The Hall–Kier alpha value is -1.13. The Labute approximate surface area is 127 Å². The first-order chi connectivity index (χ1) is 10.3. The summed E-state index contributed by atoms with van der Waals surface area (Å²) < 4.78 is 5.06. The van der Waals surface area contributed by atoms with Gasteiger partial charge in [-0.15, -0.1) is 0 Å². The maximum atomic E-state index is 5.06. The van der Waals surface area contributed by atoms with Gasteiger partial charge >= 0.3 is 0 Å². The minimum absolute atomic E-state index is 0.711. The number of nitrogens with one attached hydrogen (secondary N) is 2. The fourth-order valence-electron chi connectivity index (χ4n) is 3.36. The van der Waals surface area contributed by atoms with Gasteiger partial charge in [0.25, 0.3) is 0 Å². The zero-order valence-electron chi connectivity index (χ0n) is 13.0. The average molecular weight is 289 g/mol. The van der Waals surface area contributed by atoms with Crippen LogP contribution in [-0.4, -0.2) is 37.8 Å². The lowest BCUT2D eigenvalue weighted by molar-refractivity contribution is 0.167. The first kappa shape index (κ1) is 14.8. The van der Waals surface area contributed by atoms with Crippen LogP contribution in [0, 0.1) is 5.92 Å². The molecule has 2 heterocycles. The van der Waals surface area contributed by atoms with Crippen molar-refractivity contribution < 1.29 is 4.74 Å². The van der Waals surface area contributed by atoms with E-state index in [1.54, 1.807) is 7.11 Å². The smallest absolute Gasteiger partial charge is 0.129 e. The molecule has 21 heavy (non-hydrogen) atoms. The molecule has 0 spiro atoms.